The minimum atomic E-state index is 0.750. The van der Waals surface area contributed by atoms with Crippen LogP contribution in [0.5, 0.6) is 0 Å². The normalized spacial score (nSPS) is 14.9. The largest absolute Gasteiger partial charge is 0.341 e. The predicted molar refractivity (Wildman–Crippen MR) is 68.8 cm³/mol. The van der Waals surface area contributed by atoms with Gasteiger partial charge >= 0.3 is 0 Å². The van der Waals surface area contributed by atoms with E-state index in [1.54, 1.807) is 0 Å². The Morgan fingerprint density at radius 3 is 3.06 bits per heavy atom. The van der Waals surface area contributed by atoms with Gasteiger partial charge in [0, 0.05) is 41.3 Å². The zero-order chi connectivity index (χ0) is 12.0. The van der Waals surface area contributed by atoms with Crippen LogP contribution in [-0.4, -0.2) is 17.4 Å². The maximum Gasteiger partial charge on any atom is 0.152 e. The molecule has 0 radical (unpaired) electrons. The van der Waals surface area contributed by atoms with E-state index in [1.807, 2.05) is 19.1 Å². The molecule has 1 aromatic heterocycles. The maximum absolute atomic E-state index is 11.3. The lowest BCUT2D eigenvalue weighted by atomic mass is 10.1. The Balaban J connectivity index is 2.47. The minimum Gasteiger partial charge on any atom is -0.341 e. The fourth-order valence-corrected chi connectivity index (χ4v) is 2.80. The predicted octanol–water partition coefficient (Wildman–Crippen LogP) is 2.52. The summed E-state index contributed by atoms with van der Waals surface area (Å²) in [5.41, 5.74) is 4.04. The van der Waals surface area contributed by atoms with E-state index in [1.165, 1.54) is 0 Å². The number of benzene rings is 1. The van der Waals surface area contributed by atoms with E-state index >= 15 is 0 Å². The summed E-state index contributed by atoms with van der Waals surface area (Å²) in [6.45, 7) is 4.58. The number of hydrogen-bond acceptors (Lipinski definition) is 2. The lowest BCUT2D eigenvalue weighted by Crippen LogP contribution is -2.28. The Morgan fingerprint density at radius 2 is 2.29 bits per heavy atom. The molecule has 88 valence electrons. The molecule has 4 heteroatoms. The Kier molecular flexibility index (Phi) is 2.45. The molecule has 1 N–H and O–H groups in total. The number of carbonyl (C=O) groups is 1. The third kappa shape index (κ3) is 1.43. The van der Waals surface area contributed by atoms with E-state index < -0.39 is 0 Å². The Hall–Kier alpha value is -1.32. The number of aryl methyl sites for hydroxylation is 1. The average molecular weight is 249 g/mol. The van der Waals surface area contributed by atoms with Gasteiger partial charge in [-0.15, -0.1) is 0 Å². The highest BCUT2D eigenvalue weighted by Crippen LogP contribution is 2.32. The van der Waals surface area contributed by atoms with Crippen molar-refractivity contribution in [3.63, 3.8) is 0 Å². The molecule has 1 aliphatic rings. The molecular formula is C13H13ClN2O. The summed E-state index contributed by atoms with van der Waals surface area (Å²) in [6, 6.07) is 3.81. The zero-order valence-electron chi connectivity index (χ0n) is 9.59. The molecular weight excluding hydrogens is 236 g/mol. The van der Waals surface area contributed by atoms with Gasteiger partial charge < -0.3 is 9.88 Å². The van der Waals surface area contributed by atoms with E-state index in [4.69, 9.17) is 11.6 Å². The van der Waals surface area contributed by atoms with Crippen LogP contribution in [0.2, 0.25) is 5.02 Å². The molecule has 0 amide bonds. The first-order valence-corrected chi connectivity index (χ1v) is 6.08. The van der Waals surface area contributed by atoms with Crippen molar-refractivity contribution >= 4 is 28.8 Å². The summed E-state index contributed by atoms with van der Waals surface area (Å²) < 4.78 is 2.22. The van der Waals surface area contributed by atoms with Crippen molar-refractivity contribution in [2.75, 3.05) is 6.54 Å². The molecule has 0 fully saturated rings. The fraction of sp³-hybridized carbons (Fsp3) is 0.308. The third-order valence-corrected chi connectivity index (χ3v) is 3.89. The molecule has 0 unspecified atom stereocenters. The number of nitrogens with zero attached hydrogens (tertiary/aromatic N) is 1. The lowest BCUT2D eigenvalue weighted by Gasteiger charge is -2.18. The third-order valence-electron chi connectivity index (χ3n) is 3.48. The van der Waals surface area contributed by atoms with Crippen LogP contribution in [0.25, 0.3) is 10.9 Å². The first kappa shape index (κ1) is 10.8. The van der Waals surface area contributed by atoms with Crippen molar-refractivity contribution < 1.29 is 4.79 Å². The summed E-state index contributed by atoms with van der Waals surface area (Å²) in [4.78, 5) is 11.3. The molecule has 0 aliphatic carbocycles. The molecule has 1 aromatic carbocycles. The van der Waals surface area contributed by atoms with E-state index in [0.717, 1.165) is 58.7 Å². The van der Waals surface area contributed by atoms with Gasteiger partial charge in [-0.2, -0.15) is 0 Å². The van der Waals surface area contributed by atoms with Crippen LogP contribution in [0.15, 0.2) is 12.1 Å². The lowest BCUT2D eigenvalue weighted by molar-refractivity contribution is 0.112. The van der Waals surface area contributed by atoms with E-state index in [-0.39, 0.29) is 0 Å². The number of hydrogen-bond donors (Lipinski definition) is 1. The van der Waals surface area contributed by atoms with Crippen LogP contribution in [0.3, 0.4) is 0 Å². The summed E-state index contributed by atoms with van der Waals surface area (Å²) in [6.07, 6.45) is 0.953. The summed E-state index contributed by atoms with van der Waals surface area (Å²) in [5.74, 6) is 0. The molecule has 0 bridgehead atoms. The van der Waals surface area contributed by atoms with Crippen LogP contribution < -0.4 is 5.32 Å². The Morgan fingerprint density at radius 1 is 1.47 bits per heavy atom. The maximum atomic E-state index is 11.3. The molecule has 0 saturated carbocycles. The average Bonchev–Trinajstić information content (AvgIpc) is 2.68. The second-order valence-electron chi connectivity index (χ2n) is 4.38. The molecule has 1 aliphatic heterocycles. The molecule has 2 aromatic rings. The minimum absolute atomic E-state index is 0.750. The molecule has 17 heavy (non-hydrogen) atoms. The topological polar surface area (TPSA) is 34.0 Å². The monoisotopic (exact) mass is 248 g/mol. The second-order valence-corrected chi connectivity index (χ2v) is 4.78. The number of fused-ring (bicyclic) bond motifs is 3. The SMILES string of the molecule is Cc1c(Cl)ccc2c(C=O)c3n(c12)CCNC3. The van der Waals surface area contributed by atoms with E-state index in [2.05, 4.69) is 9.88 Å². The number of rotatable bonds is 1. The molecule has 0 atom stereocenters. The number of aldehydes is 1. The zero-order valence-corrected chi connectivity index (χ0v) is 10.3. The van der Waals surface area contributed by atoms with Crippen molar-refractivity contribution in [1.82, 2.24) is 9.88 Å². The van der Waals surface area contributed by atoms with Gasteiger partial charge in [-0.1, -0.05) is 17.7 Å². The number of nitrogens with one attached hydrogen (secondary N) is 1. The molecule has 2 heterocycles. The van der Waals surface area contributed by atoms with Crippen molar-refractivity contribution in [2.24, 2.45) is 0 Å². The molecule has 0 saturated heterocycles. The first-order valence-electron chi connectivity index (χ1n) is 5.70. The van der Waals surface area contributed by atoms with Crippen molar-refractivity contribution in [3.8, 4) is 0 Å². The standard InChI is InChI=1S/C13H13ClN2O/c1-8-11(14)3-2-9-10(7-17)12-6-15-4-5-16(12)13(8)9/h2-3,7,15H,4-6H2,1H3. The van der Waals surface area contributed by atoms with Gasteiger partial charge in [0.05, 0.1) is 5.52 Å². The molecule has 3 nitrogen and oxygen atoms in total. The van der Waals surface area contributed by atoms with Crippen LogP contribution in [0, 0.1) is 6.92 Å². The Labute approximate surface area is 104 Å². The summed E-state index contributed by atoms with van der Waals surface area (Å²) >= 11 is 6.17. The molecule has 3 rings (SSSR count). The highest BCUT2D eigenvalue weighted by molar-refractivity contribution is 6.32. The fourth-order valence-electron chi connectivity index (χ4n) is 2.64. The van der Waals surface area contributed by atoms with Crippen LogP contribution >= 0.6 is 11.6 Å². The van der Waals surface area contributed by atoms with E-state index in [9.17, 15) is 4.79 Å². The van der Waals surface area contributed by atoms with Crippen molar-refractivity contribution in [2.45, 2.75) is 20.0 Å². The van der Waals surface area contributed by atoms with Crippen molar-refractivity contribution in [3.05, 3.63) is 34.0 Å². The van der Waals surface area contributed by atoms with Gasteiger partial charge in [-0.3, -0.25) is 4.79 Å². The van der Waals surface area contributed by atoms with Gasteiger partial charge in [0.1, 0.15) is 0 Å². The van der Waals surface area contributed by atoms with Gasteiger partial charge in [-0.25, -0.2) is 0 Å². The van der Waals surface area contributed by atoms with Gasteiger partial charge in [0.25, 0.3) is 0 Å². The van der Waals surface area contributed by atoms with Crippen LogP contribution in [0.1, 0.15) is 21.6 Å². The van der Waals surface area contributed by atoms with Crippen LogP contribution in [0.4, 0.5) is 0 Å². The highest BCUT2D eigenvalue weighted by Gasteiger charge is 2.20. The van der Waals surface area contributed by atoms with Crippen molar-refractivity contribution in [1.29, 1.82) is 0 Å². The number of halogens is 1. The van der Waals surface area contributed by atoms with Gasteiger partial charge in [-0.05, 0) is 18.6 Å². The van der Waals surface area contributed by atoms with Crippen LogP contribution in [-0.2, 0) is 13.1 Å². The number of carbonyl (C=O) groups excluding carboxylic acids is 1. The smallest absolute Gasteiger partial charge is 0.152 e. The first-order chi connectivity index (χ1) is 8.24. The quantitative estimate of drug-likeness (QED) is 0.787. The second kappa shape index (κ2) is 3.86. The highest BCUT2D eigenvalue weighted by atomic mass is 35.5. The van der Waals surface area contributed by atoms with Gasteiger partial charge in [0.15, 0.2) is 6.29 Å². The number of aromatic nitrogens is 1. The molecule has 0 spiro atoms. The van der Waals surface area contributed by atoms with Gasteiger partial charge in [0.2, 0.25) is 0 Å². The Bertz CT molecular complexity index is 616. The summed E-state index contributed by atoms with van der Waals surface area (Å²) in [7, 11) is 0. The summed E-state index contributed by atoms with van der Waals surface area (Å²) in [5, 5.41) is 5.07. The van der Waals surface area contributed by atoms with E-state index in [0.29, 0.717) is 0 Å².